The molecule has 1 aromatic carbocycles. The summed E-state index contributed by atoms with van der Waals surface area (Å²) in [5, 5.41) is 4.03. The number of amides is 1. The lowest BCUT2D eigenvalue weighted by molar-refractivity contribution is 0.100. The van der Waals surface area contributed by atoms with Crippen LogP contribution in [0.2, 0.25) is 10.6 Å². The van der Waals surface area contributed by atoms with Gasteiger partial charge in [0.25, 0.3) is 14.1 Å². The Bertz CT molecular complexity index is 388. The maximum absolute atomic E-state index is 11.1. The van der Waals surface area contributed by atoms with Gasteiger partial charge in [-0.15, -0.1) is 0 Å². The fourth-order valence-electron chi connectivity index (χ4n) is 2.73. The van der Waals surface area contributed by atoms with Gasteiger partial charge in [0.1, 0.15) is 0 Å². The Labute approximate surface area is 121 Å². The largest absolute Gasteiger partial charge is 0.366 e. The number of carbonyl (C=O) groups excluding carboxylic acids is 1. The quantitative estimate of drug-likeness (QED) is 0.758. The highest BCUT2D eigenvalue weighted by Crippen LogP contribution is 2.18. The first-order chi connectivity index (χ1) is 8.88. The van der Waals surface area contributed by atoms with Crippen LogP contribution in [0.1, 0.15) is 43.6 Å². The summed E-state index contributed by atoms with van der Waals surface area (Å²) in [5.41, 5.74) is 7.24. The number of nitrogens with two attached hydrogens (primary N) is 1. The molecule has 0 aromatic heterocycles. The fraction of sp³-hybridized carbons (Fsp3) is 0.562. The Hall–Kier alpha value is -0.778. The third kappa shape index (κ3) is 6.27. The summed E-state index contributed by atoms with van der Waals surface area (Å²) in [6.45, 7) is 9.26. The lowest BCUT2D eigenvalue weighted by atomic mass is 10.1. The van der Waals surface area contributed by atoms with Gasteiger partial charge in [0.2, 0.25) is 5.91 Å². The van der Waals surface area contributed by atoms with Crippen LogP contribution in [0.4, 0.5) is 0 Å². The number of benzene rings is 1. The highest BCUT2D eigenvalue weighted by molar-refractivity contribution is 6.58. The summed E-state index contributed by atoms with van der Waals surface area (Å²) in [6.07, 6.45) is 0. The highest BCUT2D eigenvalue weighted by Gasteiger charge is 2.20. The molecule has 0 fully saturated rings. The molecule has 0 bridgehead atoms. The van der Waals surface area contributed by atoms with Gasteiger partial charge >= 0.3 is 0 Å². The number of primary amides is 1. The lowest BCUT2D eigenvalue weighted by Gasteiger charge is -2.16. The Kier molecular flexibility index (Phi) is 6.62. The van der Waals surface area contributed by atoms with Crippen molar-refractivity contribution in [1.82, 2.24) is 0 Å². The molecule has 2 nitrogen and oxygen atoms in total. The minimum atomic E-state index is -0.733. The monoisotopic (exact) mass is 275 g/mol. The summed E-state index contributed by atoms with van der Waals surface area (Å²) in [6, 6.07) is 7.85. The van der Waals surface area contributed by atoms with E-state index in [-0.39, 0.29) is 5.91 Å². The van der Waals surface area contributed by atoms with Crippen molar-refractivity contribution in [2.24, 2.45) is 17.6 Å². The minimum absolute atomic E-state index is 0.343. The molecule has 2 N–H and O–H groups in total. The van der Waals surface area contributed by atoms with Crippen molar-refractivity contribution in [3.8, 4) is 0 Å². The van der Waals surface area contributed by atoms with E-state index in [9.17, 15) is 4.79 Å². The number of carbonyl (C=O) groups is 1. The SMILES string of the molecule is CC(C)[CH2][Al]([CH2]c1ccc(C(N)=O)cc1)[CH2]C(C)C. The smallest absolute Gasteiger partial charge is 0.267 e. The van der Waals surface area contributed by atoms with E-state index >= 15 is 0 Å². The molecular formula is C16H26AlNO. The molecule has 0 aliphatic heterocycles. The second-order valence-electron chi connectivity index (χ2n) is 6.39. The number of hydrogen-bond donors (Lipinski definition) is 1. The van der Waals surface area contributed by atoms with Crippen LogP contribution in [0.25, 0.3) is 0 Å². The van der Waals surface area contributed by atoms with E-state index in [2.05, 4.69) is 39.8 Å². The molecule has 104 valence electrons. The van der Waals surface area contributed by atoms with Gasteiger partial charge in [-0.3, -0.25) is 4.79 Å². The number of rotatable bonds is 7. The molecule has 0 aliphatic rings. The Morgan fingerprint density at radius 1 is 1.05 bits per heavy atom. The van der Waals surface area contributed by atoms with Gasteiger partial charge in [0.05, 0.1) is 0 Å². The summed E-state index contributed by atoms with van der Waals surface area (Å²) in [7, 11) is 0. The summed E-state index contributed by atoms with van der Waals surface area (Å²) in [5.74, 6) is 1.24. The van der Waals surface area contributed by atoms with Gasteiger partial charge in [-0.25, -0.2) is 0 Å². The van der Waals surface area contributed by atoms with E-state index in [1.54, 1.807) is 0 Å². The molecule has 0 aliphatic carbocycles. The molecule has 1 rings (SSSR count). The molecular weight excluding hydrogens is 249 g/mol. The molecule has 0 radical (unpaired) electrons. The van der Waals surface area contributed by atoms with Crippen LogP contribution >= 0.6 is 0 Å². The van der Waals surface area contributed by atoms with Gasteiger partial charge in [0, 0.05) is 5.56 Å². The molecule has 0 saturated carbocycles. The molecule has 1 amide bonds. The van der Waals surface area contributed by atoms with Gasteiger partial charge in [-0.05, 0) is 12.1 Å². The van der Waals surface area contributed by atoms with Crippen LogP contribution in [0.15, 0.2) is 24.3 Å². The van der Waals surface area contributed by atoms with Crippen molar-refractivity contribution < 1.29 is 4.79 Å². The zero-order chi connectivity index (χ0) is 14.4. The maximum Gasteiger partial charge on any atom is 0.267 e. The molecule has 0 heterocycles. The van der Waals surface area contributed by atoms with E-state index < -0.39 is 14.1 Å². The average Bonchev–Trinajstić information content (AvgIpc) is 2.27. The standard InChI is InChI=1S/C8H8NO.2C4H9.Al/c1-6-2-4-7(5-3-6)8(9)10;2*1-4(2)3;/h2-5H,1H2,(H2,9,10);2*4H,1H2,2-3H3;. The van der Waals surface area contributed by atoms with Gasteiger partial charge in [-0.1, -0.05) is 73.1 Å². The van der Waals surface area contributed by atoms with Crippen LogP contribution < -0.4 is 5.73 Å². The van der Waals surface area contributed by atoms with E-state index in [0.29, 0.717) is 5.56 Å². The van der Waals surface area contributed by atoms with Gasteiger partial charge < -0.3 is 5.73 Å². The molecule has 0 saturated heterocycles. The Morgan fingerprint density at radius 2 is 1.53 bits per heavy atom. The molecule has 0 atom stereocenters. The normalized spacial score (nSPS) is 11.1. The van der Waals surface area contributed by atoms with Crippen LogP contribution in [0.3, 0.4) is 0 Å². The maximum atomic E-state index is 11.1. The van der Waals surface area contributed by atoms with Gasteiger partial charge in [-0.2, -0.15) is 0 Å². The zero-order valence-corrected chi connectivity index (χ0v) is 13.8. The summed E-state index contributed by atoms with van der Waals surface area (Å²) >= 11 is -0.733. The van der Waals surface area contributed by atoms with Crippen molar-refractivity contribution in [3.63, 3.8) is 0 Å². The Balaban J connectivity index is 2.69. The molecule has 0 spiro atoms. The highest BCUT2D eigenvalue weighted by atomic mass is 27.2. The summed E-state index contributed by atoms with van der Waals surface area (Å²) in [4.78, 5) is 11.1. The first-order valence-electron chi connectivity index (χ1n) is 7.27. The topological polar surface area (TPSA) is 43.1 Å². The van der Waals surface area contributed by atoms with Crippen LogP contribution in [0, 0.1) is 11.8 Å². The van der Waals surface area contributed by atoms with Crippen molar-refractivity contribution in [1.29, 1.82) is 0 Å². The molecule has 3 heteroatoms. The average molecular weight is 275 g/mol. The van der Waals surface area contributed by atoms with Crippen molar-refractivity contribution in [2.75, 3.05) is 0 Å². The zero-order valence-electron chi connectivity index (χ0n) is 12.6. The first-order valence-corrected chi connectivity index (χ1v) is 9.72. The van der Waals surface area contributed by atoms with E-state index in [0.717, 1.165) is 11.8 Å². The van der Waals surface area contributed by atoms with E-state index in [1.165, 1.54) is 21.4 Å². The summed E-state index contributed by atoms with van der Waals surface area (Å²) < 4.78 is 0. The predicted molar refractivity (Wildman–Crippen MR) is 83.7 cm³/mol. The van der Waals surface area contributed by atoms with E-state index in [1.807, 2.05) is 12.1 Å². The predicted octanol–water partition coefficient (Wildman–Crippen LogP) is 3.67. The molecule has 1 aromatic rings. The van der Waals surface area contributed by atoms with Crippen molar-refractivity contribution in [3.05, 3.63) is 35.4 Å². The van der Waals surface area contributed by atoms with E-state index in [4.69, 9.17) is 5.73 Å². The first kappa shape index (κ1) is 16.3. The Morgan fingerprint density at radius 3 is 1.89 bits per heavy atom. The number of hydrogen-bond acceptors (Lipinski definition) is 1. The van der Waals surface area contributed by atoms with Crippen molar-refractivity contribution in [2.45, 2.75) is 43.5 Å². The van der Waals surface area contributed by atoms with Crippen LogP contribution in [-0.4, -0.2) is 20.1 Å². The lowest BCUT2D eigenvalue weighted by Crippen LogP contribution is -2.21. The molecule has 19 heavy (non-hydrogen) atoms. The minimum Gasteiger partial charge on any atom is -0.366 e. The van der Waals surface area contributed by atoms with Crippen molar-refractivity contribution >= 4 is 20.1 Å². The second-order valence-corrected chi connectivity index (χ2v) is 9.47. The van der Waals surface area contributed by atoms with Crippen LogP contribution in [-0.2, 0) is 5.28 Å². The van der Waals surface area contributed by atoms with Crippen LogP contribution in [0.5, 0.6) is 0 Å². The second kappa shape index (κ2) is 7.72. The third-order valence-corrected chi connectivity index (χ3v) is 7.64. The van der Waals surface area contributed by atoms with Gasteiger partial charge in [0.15, 0.2) is 0 Å². The third-order valence-electron chi connectivity index (χ3n) is 3.37. The molecule has 0 unspecified atom stereocenters. The fourth-order valence-corrected chi connectivity index (χ4v) is 6.87.